The summed E-state index contributed by atoms with van der Waals surface area (Å²) >= 11 is 0. The molecule has 2 nitrogen and oxygen atoms in total. The van der Waals surface area contributed by atoms with Crippen LogP contribution in [-0.2, 0) is 0 Å². The van der Waals surface area contributed by atoms with Crippen molar-refractivity contribution in [3.63, 3.8) is 0 Å². The first-order valence-corrected chi connectivity index (χ1v) is 6.17. The molecule has 3 N–H and O–H groups in total. The van der Waals surface area contributed by atoms with Gasteiger partial charge >= 0.3 is 0 Å². The molecule has 3 unspecified atom stereocenters. The van der Waals surface area contributed by atoms with Crippen molar-refractivity contribution >= 4 is 0 Å². The third-order valence-electron chi connectivity index (χ3n) is 3.42. The highest BCUT2D eigenvalue weighted by Gasteiger charge is 2.20. The molecule has 1 saturated carbocycles. The summed E-state index contributed by atoms with van der Waals surface area (Å²) in [4.78, 5) is 0. The predicted molar refractivity (Wildman–Crippen MR) is 60.1 cm³/mol. The number of hydrogen-bond donors (Lipinski definition) is 2. The van der Waals surface area contributed by atoms with E-state index in [0.717, 1.165) is 12.8 Å². The molecule has 2 heteroatoms. The fraction of sp³-hybridized carbons (Fsp3) is 1.00. The normalized spacial score (nSPS) is 35.8. The van der Waals surface area contributed by atoms with Crippen LogP contribution in [-0.4, -0.2) is 17.3 Å². The minimum Gasteiger partial charge on any atom is -0.392 e. The molecule has 0 bridgehead atoms. The maximum absolute atomic E-state index is 9.88. The number of nitrogens with two attached hydrogens (primary N) is 1. The van der Waals surface area contributed by atoms with Crippen LogP contribution in [0.2, 0.25) is 0 Å². The van der Waals surface area contributed by atoms with E-state index in [-0.39, 0.29) is 12.1 Å². The summed E-state index contributed by atoms with van der Waals surface area (Å²) in [5, 5.41) is 9.88. The Hall–Kier alpha value is -0.0800. The second-order valence-electron chi connectivity index (χ2n) is 4.76. The van der Waals surface area contributed by atoms with Gasteiger partial charge in [0.25, 0.3) is 0 Å². The maximum Gasteiger partial charge on any atom is 0.0693 e. The summed E-state index contributed by atoms with van der Waals surface area (Å²) in [7, 11) is 0. The fourth-order valence-corrected chi connectivity index (χ4v) is 2.49. The molecule has 84 valence electrons. The average molecular weight is 199 g/mol. The summed E-state index contributed by atoms with van der Waals surface area (Å²) in [5.74, 6) is 0.708. The van der Waals surface area contributed by atoms with Crippen LogP contribution < -0.4 is 5.73 Å². The van der Waals surface area contributed by atoms with Crippen LogP contribution in [0, 0.1) is 5.92 Å². The van der Waals surface area contributed by atoms with Crippen molar-refractivity contribution in [3.05, 3.63) is 0 Å². The van der Waals surface area contributed by atoms with E-state index in [1.54, 1.807) is 0 Å². The Bertz CT molecular complexity index is 149. The first-order valence-electron chi connectivity index (χ1n) is 6.17. The average Bonchev–Trinajstić information content (AvgIpc) is 2.22. The molecule has 1 aliphatic carbocycles. The molecule has 1 fully saturated rings. The number of aliphatic hydroxyl groups is 1. The van der Waals surface area contributed by atoms with Crippen LogP contribution in [0.15, 0.2) is 0 Å². The van der Waals surface area contributed by atoms with Crippen LogP contribution >= 0.6 is 0 Å². The molecule has 0 amide bonds. The smallest absolute Gasteiger partial charge is 0.0693 e. The second-order valence-corrected chi connectivity index (χ2v) is 4.76. The van der Waals surface area contributed by atoms with Crippen molar-refractivity contribution in [1.29, 1.82) is 0 Å². The molecular formula is C12H25NO. The monoisotopic (exact) mass is 199 g/mol. The van der Waals surface area contributed by atoms with Gasteiger partial charge in [0.05, 0.1) is 6.10 Å². The molecule has 0 spiro atoms. The lowest BCUT2D eigenvalue weighted by Gasteiger charge is -2.22. The van der Waals surface area contributed by atoms with E-state index in [0.29, 0.717) is 5.92 Å². The topological polar surface area (TPSA) is 46.2 Å². The van der Waals surface area contributed by atoms with Gasteiger partial charge in [-0.1, -0.05) is 45.4 Å². The highest BCUT2D eigenvalue weighted by Crippen LogP contribution is 2.25. The highest BCUT2D eigenvalue weighted by molar-refractivity contribution is 4.77. The molecule has 0 radical (unpaired) electrons. The number of hydrogen-bond acceptors (Lipinski definition) is 2. The minimum absolute atomic E-state index is 0.0208. The first kappa shape index (κ1) is 12.0. The molecule has 0 aromatic carbocycles. The molecule has 0 aromatic heterocycles. The van der Waals surface area contributed by atoms with Gasteiger partial charge in [0.2, 0.25) is 0 Å². The minimum atomic E-state index is -0.260. The van der Waals surface area contributed by atoms with Crippen LogP contribution in [0.3, 0.4) is 0 Å². The number of rotatable bonds is 2. The van der Waals surface area contributed by atoms with Crippen LogP contribution in [0.1, 0.15) is 58.3 Å². The Morgan fingerprint density at radius 2 is 1.93 bits per heavy atom. The molecule has 0 aliphatic heterocycles. The molecule has 0 aromatic rings. The standard InChI is InChI=1S/C12H25NO/c1-2-6-10-7-4-3-5-8-11(13)12(14)9-10/h10-12,14H,2-9,13H2,1H3. The maximum atomic E-state index is 9.88. The van der Waals surface area contributed by atoms with E-state index in [9.17, 15) is 5.11 Å². The van der Waals surface area contributed by atoms with Crippen molar-refractivity contribution < 1.29 is 5.11 Å². The van der Waals surface area contributed by atoms with Gasteiger partial charge in [0.1, 0.15) is 0 Å². The van der Waals surface area contributed by atoms with E-state index in [1.807, 2.05) is 0 Å². The van der Waals surface area contributed by atoms with Crippen molar-refractivity contribution in [3.8, 4) is 0 Å². The first-order chi connectivity index (χ1) is 6.74. The van der Waals surface area contributed by atoms with Crippen molar-refractivity contribution in [2.24, 2.45) is 11.7 Å². The third-order valence-corrected chi connectivity index (χ3v) is 3.42. The Morgan fingerprint density at radius 3 is 2.64 bits per heavy atom. The Morgan fingerprint density at radius 1 is 1.21 bits per heavy atom. The molecular weight excluding hydrogens is 174 g/mol. The summed E-state index contributed by atoms with van der Waals surface area (Å²) in [5.41, 5.74) is 5.93. The fourth-order valence-electron chi connectivity index (χ4n) is 2.49. The quantitative estimate of drug-likeness (QED) is 0.717. The van der Waals surface area contributed by atoms with Crippen molar-refractivity contribution in [1.82, 2.24) is 0 Å². The van der Waals surface area contributed by atoms with Crippen LogP contribution in [0.5, 0.6) is 0 Å². The Labute approximate surface area is 87.9 Å². The molecule has 0 heterocycles. The zero-order valence-electron chi connectivity index (χ0n) is 9.41. The van der Waals surface area contributed by atoms with E-state index in [1.165, 1.54) is 38.5 Å². The zero-order chi connectivity index (χ0) is 10.4. The summed E-state index contributed by atoms with van der Waals surface area (Å²) in [6, 6.07) is 0.0208. The molecule has 3 atom stereocenters. The van der Waals surface area contributed by atoms with Gasteiger partial charge in [-0.05, 0) is 18.8 Å². The lowest BCUT2D eigenvalue weighted by atomic mass is 9.90. The Balaban J connectivity index is 2.43. The zero-order valence-corrected chi connectivity index (χ0v) is 9.41. The van der Waals surface area contributed by atoms with Crippen LogP contribution in [0.4, 0.5) is 0 Å². The van der Waals surface area contributed by atoms with Gasteiger partial charge in [-0.25, -0.2) is 0 Å². The molecule has 1 rings (SSSR count). The molecule has 14 heavy (non-hydrogen) atoms. The van der Waals surface area contributed by atoms with E-state index in [4.69, 9.17) is 5.73 Å². The number of aliphatic hydroxyl groups excluding tert-OH is 1. The highest BCUT2D eigenvalue weighted by atomic mass is 16.3. The summed E-state index contributed by atoms with van der Waals surface area (Å²) < 4.78 is 0. The molecule has 0 saturated heterocycles. The van der Waals surface area contributed by atoms with Gasteiger partial charge in [-0.15, -0.1) is 0 Å². The van der Waals surface area contributed by atoms with E-state index < -0.39 is 0 Å². The predicted octanol–water partition coefficient (Wildman–Crippen LogP) is 2.45. The van der Waals surface area contributed by atoms with Crippen molar-refractivity contribution in [2.75, 3.05) is 0 Å². The van der Waals surface area contributed by atoms with E-state index >= 15 is 0 Å². The van der Waals surface area contributed by atoms with Crippen molar-refractivity contribution in [2.45, 2.75) is 70.4 Å². The van der Waals surface area contributed by atoms with Gasteiger partial charge in [-0.2, -0.15) is 0 Å². The van der Waals surface area contributed by atoms with Crippen LogP contribution in [0.25, 0.3) is 0 Å². The lowest BCUT2D eigenvalue weighted by Crippen LogP contribution is -2.35. The molecule has 1 aliphatic rings. The van der Waals surface area contributed by atoms with Gasteiger partial charge in [0.15, 0.2) is 0 Å². The summed E-state index contributed by atoms with van der Waals surface area (Å²) in [6.07, 6.45) is 9.25. The third kappa shape index (κ3) is 3.97. The van der Waals surface area contributed by atoms with E-state index in [2.05, 4.69) is 6.92 Å². The Kier molecular flexibility index (Phi) is 5.49. The second kappa shape index (κ2) is 6.41. The lowest BCUT2D eigenvalue weighted by molar-refractivity contribution is 0.110. The van der Waals surface area contributed by atoms with Gasteiger partial charge in [0, 0.05) is 6.04 Å². The van der Waals surface area contributed by atoms with Gasteiger partial charge < -0.3 is 10.8 Å². The van der Waals surface area contributed by atoms with Gasteiger partial charge in [-0.3, -0.25) is 0 Å². The largest absolute Gasteiger partial charge is 0.392 e. The SMILES string of the molecule is CCCC1CCCCCC(N)C(O)C1. The summed E-state index contributed by atoms with van der Waals surface area (Å²) in [6.45, 7) is 2.22.